The fourth-order valence-corrected chi connectivity index (χ4v) is 4.18. The van der Waals surface area contributed by atoms with Gasteiger partial charge in [-0.15, -0.1) is 0 Å². The number of hydrogen-bond acceptors (Lipinski definition) is 3. The summed E-state index contributed by atoms with van der Waals surface area (Å²) in [5, 5.41) is 0. The second kappa shape index (κ2) is 12.0. The molecule has 0 bridgehead atoms. The molecule has 1 aromatic heterocycles. The lowest BCUT2D eigenvalue weighted by Gasteiger charge is -2.38. The molecule has 1 atom stereocenters. The molecule has 2 heterocycles. The van der Waals surface area contributed by atoms with Gasteiger partial charge in [0.2, 0.25) is 0 Å². The minimum absolute atomic E-state index is 0.171. The minimum atomic E-state index is -4.30. The van der Waals surface area contributed by atoms with Gasteiger partial charge in [-0.1, -0.05) is 52.8 Å². The monoisotopic (exact) mass is 463 g/mol. The Morgan fingerprint density at radius 3 is 1.88 bits per heavy atom. The van der Waals surface area contributed by atoms with E-state index in [0.717, 1.165) is 17.0 Å². The van der Waals surface area contributed by atoms with Crippen LogP contribution in [0.3, 0.4) is 0 Å². The lowest BCUT2D eigenvalue weighted by atomic mass is 9.80. The van der Waals surface area contributed by atoms with Crippen LogP contribution >= 0.6 is 0 Å². The summed E-state index contributed by atoms with van der Waals surface area (Å²) in [6, 6.07) is 8.23. The van der Waals surface area contributed by atoms with E-state index < -0.39 is 18.0 Å². The summed E-state index contributed by atoms with van der Waals surface area (Å²) in [7, 11) is 0. The van der Waals surface area contributed by atoms with Crippen LogP contribution in [0.2, 0.25) is 0 Å². The molecule has 184 valence electrons. The Kier molecular flexibility index (Phi) is 9.89. The lowest BCUT2D eigenvalue weighted by Crippen LogP contribution is -2.42. The number of aromatic nitrogens is 2. The molecule has 0 spiro atoms. The molecule has 0 radical (unpaired) electrons. The number of nitrogens with zero attached hydrogens (tertiary/aromatic N) is 3. The van der Waals surface area contributed by atoms with Gasteiger partial charge in [0.15, 0.2) is 5.82 Å². The zero-order valence-electron chi connectivity index (χ0n) is 21.2. The average molecular weight is 464 g/mol. The van der Waals surface area contributed by atoms with Crippen LogP contribution < -0.4 is 0 Å². The van der Waals surface area contributed by atoms with E-state index in [-0.39, 0.29) is 5.56 Å². The van der Waals surface area contributed by atoms with Gasteiger partial charge in [-0.3, -0.25) is 0 Å². The van der Waals surface area contributed by atoms with Crippen molar-refractivity contribution >= 4 is 0 Å². The van der Waals surface area contributed by atoms with Gasteiger partial charge in [-0.25, -0.2) is 9.97 Å². The van der Waals surface area contributed by atoms with Gasteiger partial charge < -0.3 is 4.90 Å². The molecule has 0 aliphatic carbocycles. The van der Waals surface area contributed by atoms with Crippen molar-refractivity contribution in [2.75, 3.05) is 13.1 Å². The first kappa shape index (κ1) is 27.3. The highest BCUT2D eigenvalue weighted by Gasteiger charge is 2.46. The molecule has 1 fully saturated rings. The minimum Gasteiger partial charge on any atom is -0.301 e. The largest absolute Gasteiger partial charge is 0.396 e. The zero-order valence-corrected chi connectivity index (χ0v) is 21.2. The van der Waals surface area contributed by atoms with E-state index in [1.165, 1.54) is 12.4 Å². The second-order valence-corrected chi connectivity index (χ2v) is 10.3. The van der Waals surface area contributed by atoms with Crippen LogP contribution in [0.15, 0.2) is 36.7 Å². The van der Waals surface area contributed by atoms with Crippen LogP contribution in [0.25, 0.3) is 11.4 Å². The van der Waals surface area contributed by atoms with Gasteiger partial charge in [0, 0.05) is 29.6 Å². The maximum atomic E-state index is 13.9. The first-order valence-corrected chi connectivity index (χ1v) is 12.1. The van der Waals surface area contributed by atoms with Crippen molar-refractivity contribution in [2.24, 2.45) is 11.8 Å². The Labute approximate surface area is 197 Å². The number of halogens is 3. The van der Waals surface area contributed by atoms with Crippen LogP contribution in [-0.4, -0.2) is 40.2 Å². The molecule has 3 rings (SSSR count). The van der Waals surface area contributed by atoms with E-state index in [9.17, 15) is 13.2 Å². The maximum Gasteiger partial charge on any atom is 0.396 e. The molecular formula is C27H40F3N3. The van der Waals surface area contributed by atoms with Crippen molar-refractivity contribution < 1.29 is 13.2 Å². The fraction of sp³-hybridized carbons (Fsp3) is 0.630. The lowest BCUT2D eigenvalue weighted by molar-refractivity contribution is -0.166. The fourth-order valence-electron chi connectivity index (χ4n) is 4.18. The predicted molar refractivity (Wildman–Crippen MR) is 130 cm³/mol. The average Bonchev–Trinajstić information content (AvgIpc) is 2.73. The number of hydrogen-bond donors (Lipinski definition) is 0. The summed E-state index contributed by atoms with van der Waals surface area (Å²) < 4.78 is 41.8. The smallest absolute Gasteiger partial charge is 0.301 e. The van der Waals surface area contributed by atoms with Gasteiger partial charge in [-0.05, 0) is 69.2 Å². The summed E-state index contributed by atoms with van der Waals surface area (Å²) in [6.45, 7) is 16.3. The summed E-state index contributed by atoms with van der Waals surface area (Å²) in [5.74, 6) is -0.274. The third-order valence-electron chi connectivity index (χ3n) is 5.97. The second-order valence-electron chi connectivity index (χ2n) is 10.3. The van der Waals surface area contributed by atoms with Gasteiger partial charge in [0.05, 0.1) is 5.92 Å². The maximum absolute atomic E-state index is 13.9. The number of benzene rings is 1. The van der Waals surface area contributed by atoms with Gasteiger partial charge in [0.25, 0.3) is 0 Å². The van der Waals surface area contributed by atoms with Gasteiger partial charge in [-0.2, -0.15) is 13.2 Å². The van der Waals surface area contributed by atoms with Crippen LogP contribution in [-0.2, 0) is 0 Å². The molecule has 0 N–H and O–H groups in total. The number of piperidine rings is 1. The highest BCUT2D eigenvalue weighted by molar-refractivity contribution is 5.56. The van der Waals surface area contributed by atoms with E-state index in [1.54, 1.807) is 0 Å². The van der Waals surface area contributed by atoms with Crippen molar-refractivity contribution in [3.8, 4) is 11.4 Å². The molecule has 1 aliphatic heterocycles. The van der Waals surface area contributed by atoms with Crippen LogP contribution in [0.4, 0.5) is 13.2 Å². The van der Waals surface area contributed by atoms with E-state index in [4.69, 9.17) is 0 Å². The Bertz CT molecular complexity index is 834. The third-order valence-corrected chi connectivity index (χ3v) is 5.97. The molecular weight excluding hydrogens is 423 g/mol. The van der Waals surface area contributed by atoms with Crippen LogP contribution in [0.5, 0.6) is 0 Å². The van der Waals surface area contributed by atoms with Gasteiger partial charge >= 0.3 is 6.18 Å². The molecule has 1 aromatic carbocycles. The van der Waals surface area contributed by atoms with E-state index in [0.29, 0.717) is 43.7 Å². The summed E-state index contributed by atoms with van der Waals surface area (Å²) >= 11 is 0. The predicted octanol–water partition coefficient (Wildman–Crippen LogP) is 7.70. The van der Waals surface area contributed by atoms with Crippen molar-refractivity contribution in [1.82, 2.24) is 14.9 Å². The topological polar surface area (TPSA) is 29.0 Å². The molecule has 0 saturated carbocycles. The zero-order chi connectivity index (χ0) is 24.8. The van der Waals surface area contributed by atoms with Gasteiger partial charge in [0.1, 0.15) is 0 Å². The number of likely N-dealkylation sites (tertiary alicyclic amines) is 1. The van der Waals surface area contributed by atoms with Crippen molar-refractivity contribution in [1.29, 1.82) is 0 Å². The SMILES string of the molecule is CC(C)C.CC(C)c1cccc(-c2ncc(C(C3CCN(C(C)C)CC3)C(F)(F)F)cn2)c1. The molecule has 3 nitrogen and oxygen atoms in total. The molecule has 6 heteroatoms. The van der Waals surface area contributed by atoms with E-state index in [2.05, 4.69) is 63.3 Å². The number of rotatable bonds is 5. The van der Waals surface area contributed by atoms with Crippen molar-refractivity contribution in [3.63, 3.8) is 0 Å². The Hall–Kier alpha value is -1.95. The highest BCUT2D eigenvalue weighted by Crippen LogP contribution is 2.44. The first-order valence-electron chi connectivity index (χ1n) is 12.1. The molecule has 0 amide bonds. The van der Waals surface area contributed by atoms with Crippen LogP contribution in [0.1, 0.15) is 84.3 Å². The molecule has 2 aromatic rings. The molecule has 1 aliphatic rings. The van der Waals surface area contributed by atoms with Crippen molar-refractivity contribution in [3.05, 3.63) is 47.8 Å². The van der Waals surface area contributed by atoms with E-state index >= 15 is 0 Å². The first-order chi connectivity index (χ1) is 15.4. The molecule has 1 unspecified atom stereocenters. The number of alkyl halides is 3. The highest BCUT2D eigenvalue weighted by atomic mass is 19.4. The van der Waals surface area contributed by atoms with Crippen molar-refractivity contribution in [2.45, 2.75) is 85.4 Å². The Morgan fingerprint density at radius 2 is 1.42 bits per heavy atom. The summed E-state index contributed by atoms with van der Waals surface area (Å²) in [4.78, 5) is 10.8. The molecule has 1 saturated heterocycles. The normalized spacial score (nSPS) is 16.8. The Morgan fingerprint density at radius 1 is 0.879 bits per heavy atom. The summed E-state index contributed by atoms with van der Waals surface area (Å²) in [5.41, 5.74) is 2.15. The summed E-state index contributed by atoms with van der Waals surface area (Å²) in [6.07, 6.45) is -0.469. The van der Waals surface area contributed by atoms with E-state index in [1.807, 2.05) is 24.3 Å². The molecule has 33 heavy (non-hydrogen) atoms. The third kappa shape index (κ3) is 8.09. The Balaban J connectivity index is 0.000000890. The van der Waals surface area contributed by atoms with Crippen LogP contribution in [0, 0.1) is 11.8 Å². The standard InChI is InChI=1S/C23H30F3N3.C4H10/c1-15(2)18-6-5-7-19(12-18)22-27-13-20(14-28-22)21(23(24,25)26)17-8-10-29(11-9-17)16(3)4;1-4(2)3/h5-7,12-17,21H,8-11H2,1-4H3;4H,1-3H3. The quantitative estimate of drug-likeness (QED) is 0.455.